The number of piperidine rings is 1. The monoisotopic (exact) mass is 302 g/mol. The summed E-state index contributed by atoms with van der Waals surface area (Å²) in [6.07, 6.45) is -3.48. The summed E-state index contributed by atoms with van der Waals surface area (Å²) in [6, 6.07) is 2.77. The highest BCUT2D eigenvalue weighted by Gasteiger charge is 2.46. The van der Waals surface area contributed by atoms with E-state index in [0.29, 0.717) is 12.8 Å². The van der Waals surface area contributed by atoms with E-state index in [4.69, 9.17) is 10.5 Å². The standard InChI is InChI=1S/C14H17F3N2O2/c1-21-10-6-4-5-9(12(10)18)13(20)19-8-3-2-7-11(19)14(15,16)17/h4-6,11H,2-3,7-8,18H2,1H3. The average molecular weight is 302 g/mol. The van der Waals surface area contributed by atoms with Crippen LogP contribution in [0.4, 0.5) is 18.9 Å². The van der Waals surface area contributed by atoms with Crippen molar-refractivity contribution in [1.29, 1.82) is 0 Å². The number of amides is 1. The summed E-state index contributed by atoms with van der Waals surface area (Å²) in [5.74, 6) is -0.421. The van der Waals surface area contributed by atoms with E-state index in [1.165, 1.54) is 19.2 Å². The molecule has 0 aliphatic carbocycles. The van der Waals surface area contributed by atoms with Crippen LogP contribution in [0.2, 0.25) is 0 Å². The van der Waals surface area contributed by atoms with Gasteiger partial charge in [0.1, 0.15) is 11.8 Å². The first-order valence-corrected chi connectivity index (χ1v) is 6.66. The topological polar surface area (TPSA) is 55.6 Å². The molecule has 1 atom stereocenters. The number of rotatable bonds is 2. The zero-order valence-electron chi connectivity index (χ0n) is 11.6. The number of hydrogen-bond acceptors (Lipinski definition) is 3. The minimum absolute atomic E-state index is 0.0468. The Bertz CT molecular complexity index is 531. The molecule has 1 aromatic carbocycles. The van der Waals surface area contributed by atoms with Crippen molar-refractivity contribution in [3.8, 4) is 5.75 Å². The molecule has 7 heteroatoms. The third-order valence-corrected chi connectivity index (χ3v) is 3.66. The number of para-hydroxylation sites is 1. The number of anilines is 1. The van der Waals surface area contributed by atoms with E-state index in [1.807, 2.05) is 0 Å². The lowest BCUT2D eigenvalue weighted by atomic mass is 10.00. The van der Waals surface area contributed by atoms with Gasteiger partial charge in [-0.3, -0.25) is 4.79 Å². The molecule has 0 radical (unpaired) electrons. The van der Waals surface area contributed by atoms with E-state index in [9.17, 15) is 18.0 Å². The van der Waals surface area contributed by atoms with Gasteiger partial charge in [-0.15, -0.1) is 0 Å². The molecule has 0 aromatic heterocycles. The highest BCUT2D eigenvalue weighted by atomic mass is 19.4. The van der Waals surface area contributed by atoms with Crippen LogP contribution in [0.5, 0.6) is 5.75 Å². The smallest absolute Gasteiger partial charge is 0.408 e. The van der Waals surface area contributed by atoms with Gasteiger partial charge in [0.2, 0.25) is 0 Å². The van der Waals surface area contributed by atoms with Crippen molar-refractivity contribution >= 4 is 11.6 Å². The normalized spacial score (nSPS) is 19.4. The van der Waals surface area contributed by atoms with Crippen LogP contribution in [0.1, 0.15) is 29.6 Å². The van der Waals surface area contributed by atoms with Gasteiger partial charge in [0.05, 0.1) is 18.4 Å². The molecule has 0 bridgehead atoms. The molecule has 1 saturated heterocycles. The molecule has 1 heterocycles. The van der Waals surface area contributed by atoms with Crippen LogP contribution in [0.25, 0.3) is 0 Å². The predicted octanol–water partition coefficient (Wildman–Crippen LogP) is 2.83. The Hall–Kier alpha value is -1.92. The van der Waals surface area contributed by atoms with Crippen LogP contribution in [0.3, 0.4) is 0 Å². The highest BCUT2D eigenvalue weighted by molar-refractivity contribution is 6.00. The predicted molar refractivity (Wildman–Crippen MR) is 72.1 cm³/mol. The number of likely N-dealkylation sites (tertiary alicyclic amines) is 1. The first-order chi connectivity index (χ1) is 9.86. The fourth-order valence-corrected chi connectivity index (χ4v) is 2.58. The van der Waals surface area contributed by atoms with Gasteiger partial charge in [-0.1, -0.05) is 6.07 Å². The molecule has 116 valence electrons. The van der Waals surface area contributed by atoms with Crippen molar-refractivity contribution < 1.29 is 22.7 Å². The maximum Gasteiger partial charge on any atom is 0.408 e. The molecule has 1 aromatic rings. The molecule has 2 rings (SSSR count). The first-order valence-electron chi connectivity index (χ1n) is 6.66. The SMILES string of the molecule is COc1cccc(C(=O)N2CCCCC2C(F)(F)F)c1N. The Morgan fingerprint density at radius 2 is 2.10 bits per heavy atom. The minimum Gasteiger partial charge on any atom is -0.495 e. The molecular weight excluding hydrogens is 285 g/mol. The molecule has 1 unspecified atom stereocenters. The Labute approximate surface area is 120 Å². The van der Waals surface area contributed by atoms with E-state index in [0.717, 1.165) is 4.90 Å². The van der Waals surface area contributed by atoms with Gasteiger partial charge in [0.25, 0.3) is 5.91 Å². The van der Waals surface area contributed by atoms with Crippen molar-refractivity contribution in [1.82, 2.24) is 4.90 Å². The van der Waals surface area contributed by atoms with Gasteiger partial charge >= 0.3 is 6.18 Å². The molecule has 0 spiro atoms. The third-order valence-electron chi connectivity index (χ3n) is 3.66. The van der Waals surface area contributed by atoms with Crippen LogP contribution < -0.4 is 10.5 Å². The number of alkyl halides is 3. The van der Waals surface area contributed by atoms with Crippen LogP contribution in [0.15, 0.2) is 18.2 Å². The number of nitrogens with zero attached hydrogens (tertiary/aromatic N) is 1. The fourth-order valence-electron chi connectivity index (χ4n) is 2.58. The van der Waals surface area contributed by atoms with E-state index in [-0.39, 0.29) is 30.0 Å². The number of nitrogens with two attached hydrogens (primary N) is 1. The summed E-state index contributed by atoms with van der Waals surface area (Å²) in [4.78, 5) is 13.3. The lowest BCUT2D eigenvalue weighted by Crippen LogP contribution is -2.51. The lowest BCUT2D eigenvalue weighted by Gasteiger charge is -2.37. The average Bonchev–Trinajstić information content (AvgIpc) is 2.46. The van der Waals surface area contributed by atoms with E-state index >= 15 is 0 Å². The number of carbonyl (C=O) groups excluding carboxylic acids is 1. The Kier molecular flexibility index (Phi) is 4.29. The van der Waals surface area contributed by atoms with Crippen LogP contribution >= 0.6 is 0 Å². The number of ether oxygens (including phenoxy) is 1. The molecule has 1 fully saturated rings. The number of halogens is 3. The van der Waals surface area contributed by atoms with Crippen molar-refractivity contribution in [2.45, 2.75) is 31.5 Å². The number of nitrogen functional groups attached to an aromatic ring is 1. The molecule has 1 aliphatic rings. The lowest BCUT2D eigenvalue weighted by molar-refractivity contribution is -0.183. The molecule has 0 saturated carbocycles. The minimum atomic E-state index is -4.43. The van der Waals surface area contributed by atoms with Gasteiger partial charge < -0.3 is 15.4 Å². The quantitative estimate of drug-likeness (QED) is 0.855. The van der Waals surface area contributed by atoms with Crippen LogP contribution in [-0.2, 0) is 0 Å². The van der Waals surface area contributed by atoms with E-state index in [1.54, 1.807) is 6.07 Å². The second-order valence-electron chi connectivity index (χ2n) is 4.97. The van der Waals surface area contributed by atoms with Crippen molar-refractivity contribution in [3.05, 3.63) is 23.8 Å². The molecule has 2 N–H and O–H groups in total. The maximum absolute atomic E-state index is 13.1. The van der Waals surface area contributed by atoms with E-state index in [2.05, 4.69) is 0 Å². The Balaban J connectivity index is 2.34. The first kappa shape index (κ1) is 15.5. The Morgan fingerprint density at radius 1 is 1.38 bits per heavy atom. The molecule has 1 amide bonds. The van der Waals surface area contributed by atoms with Crippen molar-refractivity contribution in [2.24, 2.45) is 0 Å². The van der Waals surface area contributed by atoms with Crippen molar-refractivity contribution in [2.75, 3.05) is 19.4 Å². The van der Waals surface area contributed by atoms with Gasteiger partial charge in [-0.2, -0.15) is 13.2 Å². The molecular formula is C14H17F3N2O2. The second-order valence-corrected chi connectivity index (χ2v) is 4.97. The largest absolute Gasteiger partial charge is 0.495 e. The number of methoxy groups -OCH3 is 1. The number of carbonyl (C=O) groups is 1. The third kappa shape index (κ3) is 3.06. The van der Waals surface area contributed by atoms with Gasteiger partial charge in [0.15, 0.2) is 0 Å². The summed E-state index contributed by atoms with van der Waals surface area (Å²) in [6.45, 7) is 0.0830. The fraction of sp³-hybridized carbons (Fsp3) is 0.500. The molecule has 4 nitrogen and oxygen atoms in total. The Morgan fingerprint density at radius 3 is 2.71 bits per heavy atom. The summed E-state index contributed by atoms with van der Waals surface area (Å²) in [5, 5.41) is 0. The summed E-state index contributed by atoms with van der Waals surface area (Å²) >= 11 is 0. The summed E-state index contributed by atoms with van der Waals surface area (Å²) in [7, 11) is 1.39. The van der Waals surface area contributed by atoms with Gasteiger partial charge in [0, 0.05) is 6.54 Å². The van der Waals surface area contributed by atoms with E-state index < -0.39 is 18.1 Å². The van der Waals surface area contributed by atoms with Crippen LogP contribution in [-0.4, -0.2) is 36.7 Å². The zero-order valence-corrected chi connectivity index (χ0v) is 11.6. The number of hydrogen-bond donors (Lipinski definition) is 1. The number of benzene rings is 1. The highest BCUT2D eigenvalue weighted by Crippen LogP contribution is 2.34. The summed E-state index contributed by atoms with van der Waals surface area (Å²) in [5.41, 5.74) is 5.92. The second kappa shape index (κ2) is 5.83. The summed E-state index contributed by atoms with van der Waals surface area (Å²) < 4.78 is 44.2. The van der Waals surface area contributed by atoms with Gasteiger partial charge in [-0.05, 0) is 31.4 Å². The maximum atomic E-state index is 13.1. The molecule has 1 aliphatic heterocycles. The zero-order chi connectivity index (χ0) is 15.6. The van der Waals surface area contributed by atoms with Gasteiger partial charge in [-0.25, -0.2) is 0 Å². The van der Waals surface area contributed by atoms with Crippen LogP contribution in [0, 0.1) is 0 Å². The van der Waals surface area contributed by atoms with Crippen molar-refractivity contribution in [3.63, 3.8) is 0 Å². The molecule has 21 heavy (non-hydrogen) atoms.